The SMILES string of the molecule is CCCCCCCCCCCCCN1C=CN(CCCCCCCCC)C1CCC. The molecule has 0 amide bonds. The Balaban J connectivity index is 2.05. The van der Waals surface area contributed by atoms with E-state index in [0.717, 1.165) is 0 Å². The molecule has 0 saturated heterocycles. The van der Waals surface area contributed by atoms with E-state index in [9.17, 15) is 0 Å². The second kappa shape index (κ2) is 20.3. The molecule has 1 aliphatic rings. The van der Waals surface area contributed by atoms with Crippen LogP contribution in [0.2, 0.25) is 0 Å². The molecule has 0 saturated carbocycles. The topological polar surface area (TPSA) is 6.48 Å². The largest absolute Gasteiger partial charge is 0.356 e. The number of unbranched alkanes of at least 4 members (excludes halogenated alkanes) is 16. The number of nitrogens with zero attached hydrogens (tertiary/aromatic N) is 2. The molecule has 178 valence electrons. The Labute approximate surface area is 190 Å². The fourth-order valence-corrected chi connectivity index (χ4v) is 4.81. The van der Waals surface area contributed by atoms with Crippen molar-refractivity contribution < 1.29 is 0 Å². The first-order valence-corrected chi connectivity index (χ1v) is 14.0. The molecule has 0 spiro atoms. The van der Waals surface area contributed by atoms with Crippen LogP contribution in [0.3, 0.4) is 0 Å². The zero-order valence-electron chi connectivity index (χ0n) is 21.2. The summed E-state index contributed by atoms with van der Waals surface area (Å²) >= 11 is 0. The van der Waals surface area contributed by atoms with Crippen molar-refractivity contribution in [1.29, 1.82) is 0 Å². The Morgan fingerprint density at radius 1 is 0.433 bits per heavy atom. The van der Waals surface area contributed by atoms with E-state index in [1.807, 2.05) is 0 Å². The van der Waals surface area contributed by atoms with Crippen LogP contribution in [0.25, 0.3) is 0 Å². The van der Waals surface area contributed by atoms with Crippen LogP contribution < -0.4 is 0 Å². The van der Waals surface area contributed by atoms with Crippen LogP contribution >= 0.6 is 0 Å². The third-order valence-electron chi connectivity index (χ3n) is 6.80. The molecule has 1 aliphatic heterocycles. The van der Waals surface area contributed by atoms with Crippen molar-refractivity contribution in [1.82, 2.24) is 9.80 Å². The van der Waals surface area contributed by atoms with Gasteiger partial charge in [0.2, 0.25) is 0 Å². The summed E-state index contributed by atoms with van der Waals surface area (Å²) in [5.41, 5.74) is 0. The van der Waals surface area contributed by atoms with Gasteiger partial charge in [-0.3, -0.25) is 0 Å². The van der Waals surface area contributed by atoms with Gasteiger partial charge in [0.25, 0.3) is 0 Å². The molecule has 30 heavy (non-hydrogen) atoms. The molecule has 0 aromatic heterocycles. The van der Waals surface area contributed by atoms with Gasteiger partial charge in [0.05, 0.1) is 0 Å². The highest BCUT2D eigenvalue weighted by molar-refractivity contribution is 4.96. The van der Waals surface area contributed by atoms with Crippen LogP contribution in [0, 0.1) is 0 Å². The maximum absolute atomic E-state index is 2.64. The van der Waals surface area contributed by atoms with Gasteiger partial charge in [0.15, 0.2) is 0 Å². The highest BCUT2D eigenvalue weighted by atomic mass is 15.4. The van der Waals surface area contributed by atoms with Gasteiger partial charge in [-0.15, -0.1) is 0 Å². The number of hydrogen-bond acceptors (Lipinski definition) is 2. The van der Waals surface area contributed by atoms with E-state index in [4.69, 9.17) is 0 Å². The Hall–Kier alpha value is -0.660. The molecule has 0 N–H and O–H groups in total. The molecule has 0 fully saturated rings. The van der Waals surface area contributed by atoms with Crippen molar-refractivity contribution in [3.63, 3.8) is 0 Å². The lowest BCUT2D eigenvalue weighted by Gasteiger charge is -2.33. The minimum atomic E-state index is 0.637. The molecule has 1 atom stereocenters. The molecular formula is C28H56N2. The minimum Gasteiger partial charge on any atom is -0.356 e. The maximum Gasteiger partial charge on any atom is 0.101 e. The standard InChI is InChI=1S/C28H56N2/c1-4-7-9-11-13-14-15-16-18-20-22-25-30-27-26-29(28(30)23-6-3)24-21-19-17-12-10-8-5-2/h26-28H,4-25H2,1-3H3. The summed E-state index contributed by atoms with van der Waals surface area (Å²) in [6, 6.07) is 0. The second-order valence-corrected chi connectivity index (χ2v) is 9.70. The highest BCUT2D eigenvalue weighted by Crippen LogP contribution is 2.22. The molecule has 0 aromatic rings. The van der Waals surface area contributed by atoms with Crippen molar-refractivity contribution in [2.75, 3.05) is 13.1 Å². The summed E-state index contributed by atoms with van der Waals surface area (Å²) in [5.74, 6) is 0. The normalized spacial score (nSPS) is 16.2. The third kappa shape index (κ3) is 13.6. The van der Waals surface area contributed by atoms with Gasteiger partial charge in [-0.25, -0.2) is 0 Å². The van der Waals surface area contributed by atoms with Crippen molar-refractivity contribution in [3.05, 3.63) is 12.4 Å². The monoisotopic (exact) mass is 420 g/mol. The highest BCUT2D eigenvalue weighted by Gasteiger charge is 2.24. The summed E-state index contributed by atoms with van der Waals surface area (Å²) in [5, 5.41) is 0. The van der Waals surface area contributed by atoms with Gasteiger partial charge in [-0.05, 0) is 19.3 Å². The number of rotatable bonds is 22. The molecule has 2 nitrogen and oxygen atoms in total. The van der Waals surface area contributed by atoms with Gasteiger partial charge in [-0.2, -0.15) is 0 Å². The molecule has 0 aliphatic carbocycles. The quantitative estimate of drug-likeness (QED) is 0.161. The van der Waals surface area contributed by atoms with Gasteiger partial charge < -0.3 is 9.80 Å². The molecule has 1 rings (SSSR count). The smallest absolute Gasteiger partial charge is 0.101 e. The summed E-state index contributed by atoms with van der Waals surface area (Å²) in [4.78, 5) is 5.27. The van der Waals surface area contributed by atoms with E-state index in [-0.39, 0.29) is 0 Å². The van der Waals surface area contributed by atoms with Gasteiger partial charge in [-0.1, -0.05) is 130 Å². The average molecular weight is 421 g/mol. The van der Waals surface area contributed by atoms with Crippen molar-refractivity contribution in [2.24, 2.45) is 0 Å². The van der Waals surface area contributed by atoms with Crippen molar-refractivity contribution >= 4 is 0 Å². The fourth-order valence-electron chi connectivity index (χ4n) is 4.81. The van der Waals surface area contributed by atoms with Gasteiger partial charge >= 0.3 is 0 Å². The molecule has 1 heterocycles. The van der Waals surface area contributed by atoms with Crippen LogP contribution in [0.15, 0.2) is 12.4 Å². The molecule has 0 radical (unpaired) electrons. The first kappa shape index (κ1) is 27.4. The predicted molar refractivity (Wildman–Crippen MR) is 136 cm³/mol. The zero-order chi connectivity index (χ0) is 21.7. The average Bonchev–Trinajstić information content (AvgIpc) is 3.13. The van der Waals surface area contributed by atoms with E-state index >= 15 is 0 Å². The summed E-state index contributed by atoms with van der Waals surface area (Å²) in [6.07, 6.45) is 33.6. The third-order valence-corrected chi connectivity index (χ3v) is 6.80. The van der Waals surface area contributed by atoms with Crippen molar-refractivity contribution in [2.45, 2.75) is 155 Å². The van der Waals surface area contributed by atoms with Gasteiger partial charge in [0, 0.05) is 25.5 Å². The van der Waals surface area contributed by atoms with Crippen LogP contribution in [0.5, 0.6) is 0 Å². The lowest BCUT2D eigenvalue weighted by atomic mass is 10.1. The van der Waals surface area contributed by atoms with Crippen LogP contribution in [-0.4, -0.2) is 29.1 Å². The van der Waals surface area contributed by atoms with Crippen LogP contribution in [0.1, 0.15) is 149 Å². The summed E-state index contributed by atoms with van der Waals surface area (Å²) < 4.78 is 0. The van der Waals surface area contributed by atoms with Crippen LogP contribution in [-0.2, 0) is 0 Å². The Morgan fingerprint density at radius 3 is 1.10 bits per heavy atom. The lowest BCUT2D eigenvalue weighted by Crippen LogP contribution is -2.39. The molecule has 1 unspecified atom stereocenters. The lowest BCUT2D eigenvalue weighted by molar-refractivity contribution is 0.138. The van der Waals surface area contributed by atoms with E-state index in [1.54, 1.807) is 0 Å². The minimum absolute atomic E-state index is 0.637. The fraction of sp³-hybridized carbons (Fsp3) is 0.929. The van der Waals surface area contributed by atoms with E-state index in [1.165, 1.54) is 142 Å². The first-order valence-electron chi connectivity index (χ1n) is 14.0. The Bertz CT molecular complexity index is 379. The van der Waals surface area contributed by atoms with E-state index in [0.29, 0.717) is 6.17 Å². The van der Waals surface area contributed by atoms with Crippen molar-refractivity contribution in [3.8, 4) is 0 Å². The molecule has 0 bridgehead atoms. The zero-order valence-corrected chi connectivity index (χ0v) is 21.2. The molecule has 0 aromatic carbocycles. The second-order valence-electron chi connectivity index (χ2n) is 9.70. The number of hydrogen-bond donors (Lipinski definition) is 0. The maximum atomic E-state index is 2.64. The molecular weight excluding hydrogens is 364 g/mol. The Morgan fingerprint density at radius 2 is 0.767 bits per heavy atom. The van der Waals surface area contributed by atoms with Gasteiger partial charge in [0.1, 0.15) is 6.17 Å². The summed E-state index contributed by atoms with van der Waals surface area (Å²) in [6.45, 7) is 9.45. The predicted octanol–water partition coefficient (Wildman–Crippen LogP) is 9.26. The summed E-state index contributed by atoms with van der Waals surface area (Å²) in [7, 11) is 0. The first-order chi connectivity index (χ1) is 14.8. The molecule has 2 heteroatoms. The van der Waals surface area contributed by atoms with Crippen LogP contribution in [0.4, 0.5) is 0 Å². The van der Waals surface area contributed by atoms with E-state index < -0.39 is 0 Å². The van der Waals surface area contributed by atoms with E-state index in [2.05, 4.69) is 43.0 Å². The Kier molecular flexibility index (Phi) is 18.5.